The van der Waals surface area contributed by atoms with Crippen LogP contribution in [0.2, 0.25) is 0 Å². The molecule has 0 radical (unpaired) electrons. The van der Waals surface area contributed by atoms with Crippen molar-refractivity contribution >= 4 is 28.2 Å². The van der Waals surface area contributed by atoms with Crippen molar-refractivity contribution in [2.75, 3.05) is 36.5 Å². The predicted octanol–water partition coefficient (Wildman–Crippen LogP) is 4.47. The number of morpholine rings is 1. The highest BCUT2D eigenvalue weighted by Crippen LogP contribution is 2.30. The summed E-state index contributed by atoms with van der Waals surface area (Å²) in [7, 11) is 0. The van der Waals surface area contributed by atoms with Crippen molar-refractivity contribution in [3.63, 3.8) is 0 Å². The molecule has 5 aromatic rings. The van der Waals surface area contributed by atoms with Gasteiger partial charge in [0.15, 0.2) is 11.5 Å². The van der Waals surface area contributed by atoms with Gasteiger partial charge in [-0.25, -0.2) is 4.68 Å². The Hall–Kier alpha value is -4.50. The van der Waals surface area contributed by atoms with E-state index in [0.717, 1.165) is 54.1 Å². The number of hydrogen-bond acceptors (Lipinski definition) is 7. The summed E-state index contributed by atoms with van der Waals surface area (Å²) in [6, 6.07) is 23.3. The van der Waals surface area contributed by atoms with Gasteiger partial charge in [0.1, 0.15) is 5.52 Å². The van der Waals surface area contributed by atoms with E-state index in [4.69, 9.17) is 9.26 Å². The van der Waals surface area contributed by atoms with E-state index < -0.39 is 0 Å². The number of amides is 1. The van der Waals surface area contributed by atoms with E-state index in [1.807, 2.05) is 79.7 Å². The highest BCUT2D eigenvalue weighted by Gasteiger charge is 2.19. The van der Waals surface area contributed by atoms with Gasteiger partial charge in [-0.2, -0.15) is 0 Å². The lowest BCUT2D eigenvalue weighted by atomic mass is 10.1. The molecule has 36 heavy (non-hydrogen) atoms. The molecule has 1 N–H and O–H groups in total. The Labute approximate surface area is 207 Å². The van der Waals surface area contributed by atoms with Crippen LogP contribution in [0.3, 0.4) is 0 Å². The second-order valence-electron chi connectivity index (χ2n) is 8.61. The topological polar surface area (TPSA) is 98.3 Å². The van der Waals surface area contributed by atoms with Gasteiger partial charge in [-0.3, -0.25) is 4.79 Å². The fourth-order valence-electron chi connectivity index (χ4n) is 4.41. The van der Waals surface area contributed by atoms with Gasteiger partial charge in [-0.15, -0.1) is 5.10 Å². The normalized spacial score (nSPS) is 13.8. The molecule has 1 fully saturated rings. The van der Waals surface area contributed by atoms with Crippen LogP contribution in [0, 0.1) is 6.92 Å². The molecule has 9 nitrogen and oxygen atoms in total. The summed E-state index contributed by atoms with van der Waals surface area (Å²) >= 11 is 0. The third kappa shape index (κ3) is 4.09. The molecule has 9 heteroatoms. The van der Waals surface area contributed by atoms with Crippen LogP contribution in [0.4, 0.5) is 11.4 Å². The van der Waals surface area contributed by atoms with E-state index in [2.05, 4.69) is 25.7 Å². The van der Waals surface area contributed by atoms with Gasteiger partial charge in [0, 0.05) is 30.0 Å². The molecule has 0 spiro atoms. The molecule has 3 heterocycles. The van der Waals surface area contributed by atoms with E-state index in [1.54, 1.807) is 4.68 Å². The first kappa shape index (κ1) is 22.0. The second kappa shape index (κ2) is 9.27. The molecular weight excluding hydrogens is 456 g/mol. The van der Waals surface area contributed by atoms with Crippen LogP contribution in [-0.4, -0.2) is 52.4 Å². The monoisotopic (exact) mass is 480 g/mol. The number of hydrogen-bond donors (Lipinski definition) is 1. The van der Waals surface area contributed by atoms with Crippen molar-refractivity contribution in [3.8, 4) is 17.0 Å². The van der Waals surface area contributed by atoms with Crippen LogP contribution in [0.5, 0.6) is 0 Å². The second-order valence-corrected chi connectivity index (χ2v) is 8.61. The molecule has 0 atom stereocenters. The Morgan fingerprint density at radius 1 is 0.944 bits per heavy atom. The lowest BCUT2D eigenvalue weighted by Crippen LogP contribution is -2.36. The van der Waals surface area contributed by atoms with Gasteiger partial charge < -0.3 is 19.5 Å². The molecule has 0 aliphatic carbocycles. The van der Waals surface area contributed by atoms with Crippen LogP contribution in [0.1, 0.15) is 16.2 Å². The summed E-state index contributed by atoms with van der Waals surface area (Å²) in [4.78, 5) is 15.3. The fraction of sp³-hybridized carbons (Fsp3) is 0.185. The average Bonchev–Trinajstić information content (AvgIpc) is 3.53. The molecule has 1 aliphatic heterocycles. The summed E-state index contributed by atoms with van der Waals surface area (Å²) in [5, 5.41) is 16.4. The number of anilines is 2. The quantitative estimate of drug-likeness (QED) is 0.396. The molecule has 0 bridgehead atoms. The minimum absolute atomic E-state index is 0.265. The third-order valence-corrected chi connectivity index (χ3v) is 6.35. The van der Waals surface area contributed by atoms with Crippen LogP contribution in [0.15, 0.2) is 77.3 Å². The Kier molecular flexibility index (Phi) is 5.67. The van der Waals surface area contributed by atoms with Crippen molar-refractivity contribution in [2.24, 2.45) is 0 Å². The number of nitrogens with one attached hydrogen (secondary N) is 1. The number of fused-ring (bicyclic) bond motifs is 1. The molecule has 3 aromatic carbocycles. The van der Waals surface area contributed by atoms with Crippen molar-refractivity contribution < 1.29 is 14.1 Å². The molecule has 1 amide bonds. The number of rotatable bonds is 5. The molecule has 1 saturated heterocycles. The number of benzene rings is 3. The number of carbonyl (C=O) groups is 1. The highest BCUT2D eigenvalue weighted by atomic mass is 16.5. The molecule has 2 aromatic heterocycles. The van der Waals surface area contributed by atoms with E-state index in [1.165, 1.54) is 0 Å². The van der Waals surface area contributed by atoms with Gasteiger partial charge in [0.25, 0.3) is 5.91 Å². The largest absolute Gasteiger partial charge is 0.378 e. The zero-order valence-corrected chi connectivity index (χ0v) is 19.7. The van der Waals surface area contributed by atoms with Gasteiger partial charge in [-0.05, 0) is 49.4 Å². The summed E-state index contributed by atoms with van der Waals surface area (Å²) in [6.45, 7) is 5.01. The van der Waals surface area contributed by atoms with Crippen LogP contribution in [0.25, 0.3) is 27.9 Å². The molecule has 6 rings (SSSR count). The number of nitrogens with zero attached hydrogens (tertiary/aromatic N) is 5. The summed E-state index contributed by atoms with van der Waals surface area (Å²) in [5.74, 6) is 0.373. The van der Waals surface area contributed by atoms with E-state index in [-0.39, 0.29) is 11.6 Å². The van der Waals surface area contributed by atoms with Crippen molar-refractivity contribution in [2.45, 2.75) is 6.92 Å². The Morgan fingerprint density at radius 2 is 1.69 bits per heavy atom. The summed E-state index contributed by atoms with van der Waals surface area (Å²) in [5.41, 5.74) is 5.15. The Morgan fingerprint density at radius 3 is 2.47 bits per heavy atom. The minimum atomic E-state index is -0.311. The van der Waals surface area contributed by atoms with Gasteiger partial charge in [0.2, 0.25) is 0 Å². The SMILES string of the molecule is Cc1c(C(=O)Nc2ccc(N3CCOCC3)cc2)nnn1-c1ccc2noc(-c3ccccc3)c2c1. The number of carbonyl (C=O) groups excluding carboxylic acids is 1. The summed E-state index contributed by atoms with van der Waals surface area (Å²) in [6.07, 6.45) is 0. The van der Waals surface area contributed by atoms with Crippen LogP contribution in [-0.2, 0) is 4.74 Å². The van der Waals surface area contributed by atoms with Gasteiger partial charge in [-0.1, -0.05) is 40.7 Å². The molecule has 0 unspecified atom stereocenters. The Bertz CT molecular complexity index is 1520. The maximum Gasteiger partial charge on any atom is 0.278 e. The number of ether oxygens (including phenoxy) is 1. The molecule has 0 saturated carbocycles. The van der Waals surface area contributed by atoms with Crippen molar-refractivity contribution in [1.29, 1.82) is 0 Å². The molecular formula is C27H24N6O3. The van der Waals surface area contributed by atoms with E-state index >= 15 is 0 Å². The lowest BCUT2D eigenvalue weighted by molar-refractivity contribution is 0.102. The highest BCUT2D eigenvalue weighted by molar-refractivity contribution is 6.03. The third-order valence-electron chi connectivity index (χ3n) is 6.35. The van der Waals surface area contributed by atoms with Crippen LogP contribution < -0.4 is 10.2 Å². The number of aromatic nitrogens is 4. The first-order valence-electron chi connectivity index (χ1n) is 11.8. The maximum absolute atomic E-state index is 13.0. The standard InChI is InChI=1S/C27H24N6O3/c1-18-25(27(34)28-20-7-9-21(10-8-20)32-13-15-35-16-14-32)29-31-33(18)22-11-12-24-23(17-22)26(36-30-24)19-5-3-2-4-6-19/h2-12,17H,13-16H2,1H3,(H,28,34). The smallest absolute Gasteiger partial charge is 0.278 e. The molecule has 180 valence electrons. The summed E-state index contributed by atoms with van der Waals surface area (Å²) < 4.78 is 12.7. The predicted molar refractivity (Wildman–Crippen MR) is 137 cm³/mol. The molecule has 1 aliphatic rings. The minimum Gasteiger partial charge on any atom is -0.378 e. The fourth-order valence-corrected chi connectivity index (χ4v) is 4.41. The van der Waals surface area contributed by atoms with Crippen LogP contribution >= 0.6 is 0 Å². The lowest BCUT2D eigenvalue weighted by Gasteiger charge is -2.28. The van der Waals surface area contributed by atoms with Crippen molar-refractivity contribution in [1.82, 2.24) is 20.2 Å². The zero-order chi connectivity index (χ0) is 24.5. The van der Waals surface area contributed by atoms with Gasteiger partial charge >= 0.3 is 0 Å². The van der Waals surface area contributed by atoms with E-state index in [0.29, 0.717) is 17.1 Å². The van der Waals surface area contributed by atoms with Crippen molar-refractivity contribution in [3.05, 3.63) is 84.2 Å². The van der Waals surface area contributed by atoms with Gasteiger partial charge in [0.05, 0.1) is 30.0 Å². The Balaban J connectivity index is 1.23. The zero-order valence-electron chi connectivity index (χ0n) is 19.7. The average molecular weight is 481 g/mol. The maximum atomic E-state index is 13.0. The first-order valence-corrected chi connectivity index (χ1v) is 11.8. The van der Waals surface area contributed by atoms with E-state index in [9.17, 15) is 4.79 Å². The first-order chi connectivity index (χ1) is 17.7.